The van der Waals surface area contributed by atoms with Crippen molar-refractivity contribution in [2.24, 2.45) is 0 Å². The summed E-state index contributed by atoms with van der Waals surface area (Å²) in [7, 11) is -2.93. The molecule has 122 valence electrons. The van der Waals surface area contributed by atoms with E-state index in [4.69, 9.17) is 0 Å². The molecule has 1 aliphatic rings. The predicted octanol–water partition coefficient (Wildman–Crippen LogP) is 1.75. The molecular weight excluding hydrogens is 300 g/mol. The summed E-state index contributed by atoms with van der Waals surface area (Å²) in [5.41, 5.74) is 3.01. The van der Waals surface area contributed by atoms with Gasteiger partial charge >= 0.3 is 0 Å². The first kappa shape index (κ1) is 17.0. The maximum atomic E-state index is 12.3. The van der Waals surface area contributed by atoms with Gasteiger partial charge in [-0.3, -0.25) is 9.69 Å². The van der Waals surface area contributed by atoms with Crippen molar-refractivity contribution in [3.8, 4) is 0 Å². The van der Waals surface area contributed by atoms with Crippen LogP contribution in [0.2, 0.25) is 0 Å². The van der Waals surface area contributed by atoms with Gasteiger partial charge in [0.1, 0.15) is 0 Å². The van der Waals surface area contributed by atoms with Crippen LogP contribution in [-0.4, -0.2) is 49.9 Å². The number of hydrogen-bond donors (Lipinski definition) is 1. The van der Waals surface area contributed by atoms with Crippen LogP contribution in [0.25, 0.3) is 0 Å². The average Bonchev–Trinajstić information content (AvgIpc) is 2.81. The van der Waals surface area contributed by atoms with Crippen LogP contribution >= 0.6 is 0 Å². The Morgan fingerprint density at radius 2 is 2.09 bits per heavy atom. The van der Waals surface area contributed by atoms with Gasteiger partial charge in [0.2, 0.25) is 5.91 Å². The van der Waals surface area contributed by atoms with Crippen molar-refractivity contribution in [2.75, 3.05) is 29.9 Å². The van der Waals surface area contributed by atoms with Gasteiger partial charge in [0, 0.05) is 11.7 Å². The lowest BCUT2D eigenvalue weighted by atomic mass is 10.1. The molecule has 1 aromatic carbocycles. The highest BCUT2D eigenvalue weighted by Crippen LogP contribution is 2.19. The molecule has 1 aromatic rings. The average molecular weight is 324 g/mol. The van der Waals surface area contributed by atoms with Gasteiger partial charge in [0.05, 0.1) is 18.1 Å². The van der Waals surface area contributed by atoms with Gasteiger partial charge < -0.3 is 5.32 Å². The number of carbonyl (C=O) groups excluding carboxylic acids is 1. The summed E-state index contributed by atoms with van der Waals surface area (Å²) >= 11 is 0. The standard InChI is InChI=1S/C16H24N2O3S/c1-4-18(14-8-9-22(20,21)11-14)10-16(19)17-15-7-5-6-12(2)13(15)3/h5-7,14H,4,8-11H2,1-3H3,(H,17,19). The fourth-order valence-electron chi connectivity index (χ4n) is 2.82. The number of rotatable bonds is 5. The smallest absolute Gasteiger partial charge is 0.238 e. The number of carbonyl (C=O) groups is 1. The summed E-state index contributed by atoms with van der Waals surface area (Å²) in [4.78, 5) is 14.2. The van der Waals surface area contributed by atoms with Crippen molar-refractivity contribution in [2.45, 2.75) is 33.2 Å². The Hall–Kier alpha value is -1.40. The summed E-state index contributed by atoms with van der Waals surface area (Å²) in [5.74, 6) is 0.296. The summed E-state index contributed by atoms with van der Waals surface area (Å²) in [6.45, 7) is 6.83. The summed E-state index contributed by atoms with van der Waals surface area (Å²) < 4.78 is 23.2. The number of amides is 1. The highest BCUT2D eigenvalue weighted by Gasteiger charge is 2.32. The SMILES string of the molecule is CCN(CC(=O)Nc1cccc(C)c1C)C1CCS(=O)(=O)C1. The van der Waals surface area contributed by atoms with Crippen LogP contribution in [0.5, 0.6) is 0 Å². The number of sulfone groups is 1. The number of anilines is 1. The summed E-state index contributed by atoms with van der Waals surface area (Å²) in [6, 6.07) is 5.77. The van der Waals surface area contributed by atoms with Gasteiger partial charge in [-0.1, -0.05) is 19.1 Å². The van der Waals surface area contributed by atoms with E-state index in [1.807, 2.05) is 43.9 Å². The second kappa shape index (κ2) is 6.79. The zero-order chi connectivity index (χ0) is 16.3. The normalized spacial score (nSPS) is 20.3. The fraction of sp³-hybridized carbons (Fsp3) is 0.562. The number of aryl methyl sites for hydroxylation is 1. The molecule has 6 heteroatoms. The number of benzene rings is 1. The molecule has 1 unspecified atom stereocenters. The van der Waals surface area contributed by atoms with Gasteiger partial charge in [-0.15, -0.1) is 0 Å². The second-order valence-electron chi connectivity index (χ2n) is 5.92. The molecule has 1 N–H and O–H groups in total. The Kier molecular flexibility index (Phi) is 5.24. The molecule has 0 radical (unpaired) electrons. The van der Waals surface area contributed by atoms with Crippen molar-refractivity contribution in [1.29, 1.82) is 0 Å². The third-order valence-electron chi connectivity index (χ3n) is 4.36. The van der Waals surface area contributed by atoms with E-state index in [0.717, 1.165) is 16.8 Å². The minimum atomic E-state index is -2.93. The van der Waals surface area contributed by atoms with Gasteiger partial charge in [-0.05, 0) is 44.0 Å². The molecule has 2 rings (SSSR count). The zero-order valence-corrected chi connectivity index (χ0v) is 14.2. The van der Waals surface area contributed by atoms with E-state index in [9.17, 15) is 13.2 Å². The minimum Gasteiger partial charge on any atom is -0.325 e. The highest BCUT2D eigenvalue weighted by atomic mass is 32.2. The van der Waals surface area contributed by atoms with Crippen LogP contribution in [0.1, 0.15) is 24.5 Å². The Morgan fingerprint density at radius 1 is 1.36 bits per heavy atom. The van der Waals surface area contributed by atoms with Crippen molar-refractivity contribution in [1.82, 2.24) is 4.90 Å². The third kappa shape index (κ3) is 4.08. The van der Waals surface area contributed by atoms with E-state index in [2.05, 4.69) is 5.32 Å². The van der Waals surface area contributed by atoms with Crippen molar-refractivity contribution >= 4 is 21.4 Å². The lowest BCUT2D eigenvalue weighted by Crippen LogP contribution is -2.41. The molecule has 1 saturated heterocycles. The zero-order valence-electron chi connectivity index (χ0n) is 13.4. The summed E-state index contributed by atoms with van der Waals surface area (Å²) in [6.07, 6.45) is 0.618. The summed E-state index contributed by atoms with van der Waals surface area (Å²) in [5, 5.41) is 2.93. The van der Waals surface area contributed by atoms with Crippen molar-refractivity contribution in [3.63, 3.8) is 0 Å². The lowest BCUT2D eigenvalue weighted by Gasteiger charge is -2.26. The van der Waals surface area contributed by atoms with Crippen molar-refractivity contribution in [3.05, 3.63) is 29.3 Å². The highest BCUT2D eigenvalue weighted by molar-refractivity contribution is 7.91. The van der Waals surface area contributed by atoms with E-state index >= 15 is 0 Å². The number of likely N-dealkylation sites (N-methyl/N-ethyl adjacent to an activating group) is 1. The fourth-order valence-corrected chi connectivity index (χ4v) is 4.58. The number of nitrogens with one attached hydrogen (secondary N) is 1. The minimum absolute atomic E-state index is 0.0423. The lowest BCUT2D eigenvalue weighted by molar-refractivity contribution is -0.117. The van der Waals surface area contributed by atoms with Crippen LogP contribution < -0.4 is 5.32 Å². The molecule has 0 aliphatic carbocycles. The molecule has 5 nitrogen and oxygen atoms in total. The first-order chi connectivity index (χ1) is 10.3. The Balaban J connectivity index is 1.99. The molecule has 1 fully saturated rings. The maximum absolute atomic E-state index is 12.3. The first-order valence-electron chi connectivity index (χ1n) is 7.63. The van der Waals surface area contributed by atoms with Crippen LogP contribution in [0.4, 0.5) is 5.69 Å². The van der Waals surface area contributed by atoms with E-state index < -0.39 is 9.84 Å². The van der Waals surface area contributed by atoms with Crippen LogP contribution in [-0.2, 0) is 14.6 Å². The van der Waals surface area contributed by atoms with Crippen LogP contribution in [0.3, 0.4) is 0 Å². The molecule has 22 heavy (non-hydrogen) atoms. The van der Waals surface area contributed by atoms with Gasteiger partial charge in [-0.2, -0.15) is 0 Å². The van der Waals surface area contributed by atoms with Gasteiger partial charge in [-0.25, -0.2) is 8.42 Å². The monoisotopic (exact) mass is 324 g/mol. The Labute approximate surface area is 132 Å². The molecular formula is C16H24N2O3S. The van der Waals surface area contributed by atoms with E-state index in [1.54, 1.807) is 0 Å². The number of hydrogen-bond acceptors (Lipinski definition) is 4. The number of nitrogens with zero attached hydrogens (tertiary/aromatic N) is 1. The third-order valence-corrected chi connectivity index (χ3v) is 6.11. The molecule has 1 atom stereocenters. The molecule has 1 aliphatic heterocycles. The first-order valence-corrected chi connectivity index (χ1v) is 9.45. The second-order valence-corrected chi connectivity index (χ2v) is 8.14. The quantitative estimate of drug-likeness (QED) is 0.896. The van der Waals surface area contributed by atoms with Crippen LogP contribution in [0.15, 0.2) is 18.2 Å². The Bertz CT molecular complexity index is 655. The molecule has 0 bridgehead atoms. The topological polar surface area (TPSA) is 66.5 Å². The molecule has 0 spiro atoms. The molecule has 1 heterocycles. The van der Waals surface area contributed by atoms with Crippen LogP contribution in [0, 0.1) is 13.8 Å². The molecule has 0 aromatic heterocycles. The molecule has 0 saturated carbocycles. The van der Waals surface area contributed by atoms with E-state index in [0.29, 0.717) is 13.0 Å². The van der Waals surface area contributed by atoms with E-state index in [1.165, 1.54) is 0 Å². The largest absolute Gasteiger partial charge is 0.325 e. The van der Waals surface area contributed by atoms with E-state index in [-0.39, 0.29) is 30.0 Å². The predicted molar refractivity (Wildman–Crippen MR) is 88.9 cm³/mol. The maximum Gasteiger partial charge on any atom is 0.238 e. The van der Waals surface area contributed by atoms with Gasteiger partial charge in [0.25, 0.3) is 0 Å². The van der Waals surface area contributed by atoms with Gasteiger partial charge in [0.15, 0.2) is 9.84 Å². The molecule has 1 amide bonds. The van der Waals surface area contributed by atoms with Crippen molar-refractivity contribution < 1.29 is 13.2 Å². The Morgan fingerprint density at radius 3 is 2.68 bits per heavy atom.